The molecule has 0 radical (unpaired) electrons. The number of anilines is 1. The summed E-state index contributed by atoms with van der Waals surface area (Å²) in [5.41, 5.74) is -0.223. The van der Waals surface area contributed by atoms with Crippen molar-refractivity contribution in [3.63, 3.8) is 0 Å². The Hall–Kier alpha value is -2.05. The van der Waals surface area contributed by atoms with Gasteiger partial charge in [-0.3, -0.25) is 4.79 Å². The van der Waals surface area contributed by atoms with E-state index < -0.39 is 21.6 Å². The zero-order chi connectivity index (χ0) is 23.0. The van der Waals surface area contributed by atoms with Crippen LogP contribution < -0.4 is 10.9 Å². The van der Waals surface area contributed by atoms with Crippen LogP contribution in [0.25, 0.3) is 11.0 Å². The summed E-state index contributed by atoms with van der Waals surface area (Å²) < 4.78 is 33.8. The second-order valence-corrected chi connectivity index (χ2v) is 11.1. The van der Waals surface area contributed by atoms with Gasteiger partial charge in [0.2, 0.25) is 10.0 Å². The Bertz CT molecular complexity index is 1350. The SMILES string of the molecule is CN1CCN(S(=O)(=O)c2ccc(NC(=O)c3cc4cc(Br)cc(Br)c4oc3=O)cc2)CC1. The van der Waals surface area contributed by atoms with Crippen LogP contribution in [0.2, 0.25) is 0 Å². The third-order valence-electron chi connectivity index (χ3n) is 5.21. The van der Waals surface area contributed by atoms with Gasteiger partial charge in [-0.05, 0) is 65.4 Å². The first-order valence-corrected chi connectivity index (χ1v) is 12.7. The van der Waals surface area contributed by atoms with Crippen molar-refractivity contribution in [2.75, 3.05) is 38.5 Å². The van der Waals surface area contributed by atoms with Crippen molar-refractivity contribution >= 4 is 64.4 Å². The number of nitrogens with one attached hydrogen (secondary N) is 1. The summed E-state index contributed by atoms with van der Waals surface area (Å²) in [4.78, 5) is 27.2. The lowest BCUT2D eigenvalue weighted by Gasteiger charge is -2.31. The lowest BCUT2D eigenvalue weighted by molar-refractivity contribution is 0.102. The van der Waals surface area contributed by atoms with Crippen molar-refractivity contribution in [2.45, 2.75) is 4.90 Å². The first-order chi connectivity index (χ1) is 15.1. The van der Waals surface area contributed by atoms with Gasteiger partial charge < -0.3 is 14.6 Å². The number of benzene rings is 2. The predicted molar refractivity (Wildman–Crippen MR) is 129 cm³/mol. The molecule has 1 aliphatic heterocycles. The van der Waals surface area contributed by atoms with Gasteiger partial charge in [0.25, 0.3) is 5.91 Å². The highest BCUT2D eigenvalue weighted by atomic mass is 79.9. The lowest BCUT2D eigenvalue weighted by Crippen LogP contribution is -2.46. The molecule has 1 aliphatic rings. The number of halogens is 2. The highest BCUT2D eigenvalue weighted by Crippen LogP contribution is 2.28. The van der Waals surface area contributed by atoms with Gasteiger partial charge in [-0.2, -0.15) is 4.31 Å². The van der Waals surface area contributed by atoms with Crippen LogP contribution in [-0.4, -0.2) is 56.8 Å². The van der Waals surface area contributed by atoms with Crippen LogP contribution in [0.1, 0.15) is 10.4 Å². The number of piperazine rings is 1. The van der Waals surface area contributed by atoms with E-state index in [1.807, 2.05) is 7.05 Å². The average molecular weight is 585 g/mol. The number of sulfonamides is 1. The molecule has 4 rings (SSSR count). The molecule has 1 aromatic heterocycles. The van der Waals surface area contributed by atoms with Gasteiger partial charge in [-0.1, -0.05) is 15.9 Å². The van der Waals surface area contributed by atoms with Gasteiger partial charge in [0.15, 0.2) is 5.58 Å². The molecule has 0 aliphatic carbocycles. The molecule has 0 bridgehead atoms. The van der Waals surface area contributed by atoms with Crippen LogP contribution in [-0.2, 0) is 10.0 Å². The number of likely N-dealkylation sites (N-methyl/N-ethyl adjacent to an activating group) is 1. The largest absolute Gasteiger partial charge is 0.421 e. The van der Waals surface area contributed by atoms with E-state index in [2.05, 4.69) is 42.1 Å². The summed E-state index contributed by atoms with van der Waals surface area (Å²) >= 11 is 6.70. The zero-order valence-electron chi connectivity index (χ0n) is 17.0. The molecule has 0 spiro atoms. The Morgan fingerprint density at radius 3 is 2.34 bits per heavy atom. The minimum absolute atomic E-state index is 0.153. The topological polar surface area (TPSA) is 99.9 Å². The average Bonchev–Trinajstić information content (AvgIpc) is 2.74. The maximum atomic E-state index is 12.8. The molecule has 1 fully saturated rings. The van der Waals surface area contributed by atoms with Gasteiger partial charge in [0.05, 0.1) is 9.37 Å². The fourth-order valence-electron chi connectivity index (χ4n) is 3.40. The van der Waals surface area contributed by atoms with Crippen LogP contribution in [0.4, 0.5) is 5.69 Å². The van der Waals surface area contributed by atoms with Crippen molar-refractivity contribution in [1.29, 1.82) is 0 Å². The Balaban J connectivity index is 1.54. The number of rotatable bonds is 4. The molecule has 2 heterocycles. The van der Waals surface area contributed by atoms with E-state index in [9.17, 15) is 18.0 Å². The molecular formula is C21H19Br2N3O5S. The number of carbonyl (C=O) groups excluding carboxylic acids is 1. The highest BCUT2D eigenvalue weighted by molar-refractivity contribution is 9.11. The molecule has 11 heteroatoms. The van der Waals surface area contributed by atoms with Gasteiger partial charge in [0.1, 0.15) is 5.56 Å². The van der Waals surface area contributed by atoms with E-state index in [-0.39, 0.29) is 10.5 Å². The van der Waals surface area contributed by atoms with E-state index in [1.165, 1.54) is 34.6 Å². The number of carbonyl (C=O) groups is 1. The molecule has 1 N–H and O–H groups in total. The Morgan fingerprint density at radius 1 is 1.03 bits per heavy atom. The molecule has 2 aromatic carbocycles. The van der Waals surface area contributed by atoms with E-state index in [4.69, 9.17) is 4.42 Å². The van der Waals surface area contributed by atoms with Gasteiger partial charge >= 0.3 is 5.63 Å². The number of nitrogens with zero attached hydrogens (tertiary/aromatic N) is 2. The summed E-state index contributed by atoms with van der Waals surface area (Å²) in [5.74, 6) is -0.647. The number of amides is 1. The first-order valence-electron chi connectivity index (χ1n) is 9.68. The number of fused-ring (bicyclic) bond motifs is 1. The van der Waals surface area contributed by atoms with E-state index in [0.717, 1.165) is 4.47 Å². The van der Waals surface area contributed by atoms with E-state index >= 15 is 0 Å². The first kappa shape index (κ1) is 23.1. The standard InChI is InChI=1S/C21H19Br2N3O5S/c1-25-6-8-26(9-7-25)32(29,30)16-4-2-15(3-5-16)24-20(27)17-11-13-10-14(22)12-18(23)19(13)31-21(17)28/h2-5,10-12H,6-9H2,1H3,(H,24,27). The molecule has 1 saturated heterocycles. The summed E-state index contributed by atoms with van der Waals surface area (Å²) in [6.45, 7) is 2.21. The molecule has 32 heavy (non-hydrogen) atoms. The third kappa shape index (κ3) is 4.67. The summed E-state index contributed by atoms with van der Waals surface area (Å²) in [6.07, 6.45) is 0. The van der Waals surface area contributed by atoms with Gasteiger partial charge in [-0.25, -0.2) is 13.2 Å². The molecule has 0 saturated carbocycles. The highest BCUT2D eigenvalue weighted by Gasteiger charge is 2.27. The van der Waals surface area contributed by atoms with Crippen molar-refractivity contribution in [2.24, 2.45) is 0 Å². The second kappa shape index (κ2) is 9.06. The molecule has 3 aromatic rings. The van der Waals surface area contributed by atoms with Crippen molar-refractivity contribution < 1.29 is 17.6 Å². The van der Waals surface area contributed by atoms with E-state index in [1.54, 1.807) is 12.1 Å². The molecule has 168 valence electrons. The third-order valence-corrected chi connectivity index (χ3v) is 8.17. The minimum atomic E-state index is -3.60. The van der Waals surface area contributed by atoms with Crippen LogP contribution in [0.3, 0.4) is 0 Å². The fourth-order valence-corrected chi connectivity index (χ4v) is 6.16. The predicted octanol–water partition coefficient (Wildman–Crippen LogP) is 3.51. The summed E-state index contributed by atoms with van der Waals surface area (Å²) in [6, 6.07) is 10.8. The van der Waals surface area contributed by atoms with Gasteiger partial charge in [0, 0.05) is 41.7 Å². The Labute approximate surface area is 201 Å². The smallest absolute Gasteiger partial charge is 0.349 e. The van der Waals surface area contributed by atoms with Gasteiger partial charge in [-0.15, -0.1) is 0 Å². The summed E-state index contributed by atoms with van der Waals surface area (Å²) in [7, 11) is -1.65. The van der Waals surface area contributed by atoms with Crippen LogP contribution >= 0.6 is 31.9 Å². The summed E-state index contributed by atoms with van der Waals surface area (Å²) in [5, 5.41) is 3.19. The molecular weight excluding hydrogens is 566 g/mol. The lowest BCUT2D eigenvalue weighted by atomic mass is 10.1. The maximum Gasteiger partial charge on any atom is 0.349 e. The minimum Gasteiger partial charge on any atom is -0.421 e. The molecule has 0 atom stereocenters. The Kier molecular flexibility index (Phi) is 6.55. The van der Waals surface area contributed by atoms with Crippen molar-refractivity contribution in [1.82, 2.24) is 9.21 Å². The number of hydrogen-bond donors (Lipinski definition) is 1. The maximum absolute atomic E-state index is 12.8. The fraction of sp³-hybridized carbons (Fsp3) is 0.238. The second-order valence-electron chi connectivity index (χ2n) is 7.44. The van der Waals surface area contributed by atoms with Crippen LogP contribution in [0.5, 0.6) is 0 Å². The van der Waals surface area contributed by atoms with Crippen LogP contribution in [0, 0.1) is 0 Å². The number of hydrogen-bond acceptors (Lipinski definition) is 6. The van der Waals surface area contributed by atoms with Crippen molar-refractivity contribution in [3.8, 4) is 0 Å². The van der Waals surface area contributed by atoms with E-state index in [0.29, 0.717) is 47.3 Å². The quantitative estimate of drug-likeness (QED) is 0.471. The Morgan fingerprint density at radius 2 is 1.69 bits per heavy atom. The molecule has 8 nitrogen and oxygen atoms in total. The normalized spacial score (nSPS) is 15.7. The molecule has 0 unspecified atom stereocenters. The monoisotopic (exact) mass is 583 g/mol. The van der Waals surface area contributed by atoms with Crippen molar-refractivity contribution in [3.05, 3.63) is 67.4 Å². The zero-order valence-corrected chi connectivity index (χ0v) is 21.0. The van der Waals surface area contributed by atoms with Crippen LogP contribution in [0.15, 0.2) is 65.5 Å². The molecule has 1 amide bonds.